The van der Waals surface area contributed by atoms with Crippen LogP contribution in [0, 0.1) is 0 Å². The molecule has 0 saturated heterocycles. The van der Waals surface area contributed by atoms with Crippen molar-refractivity contribution >= 4 is 16.5 Å². The Hall–Kier alpha value is -0.870. The number of nitrogens with two attached hydrogens (primary N) is 1. The summed E-state index contributed by atoms with van der Waals surface area (Å²) in [6.45, 7) is 2.38. The summed E-state index contributed by atoms with van der Waals surface area (Å²) >= 11 is 0. The van der Waals surface area contributed by atoms with Gasteiger partial charge in [-0.05, 0) is 25.1 Å². The SMILES string of the molecule is COCC(C)S(=O)c1cccc(N)c1. The van der Waals surface area contributed by atoms with Crippen LogP contribution in [0.15, 0.2) is 29.2 Å². The van der Waals surface area contributed by atoms with E-state index in [0.717, 1.165) is 4.90 Å². The molecule has 0 aromatic heterocycles. The van der Waals surface area contributed by atoms with Gasteiger partial charge in [-0.3, -0.25) is 4.21 Å². The Morgan fingerprint density at radius 2 is 2.29 bits per heavy atom. The molecule has 0 amide bonds. The van der Waals surface area contributed by atoms with Crippen molar-refractivity contribution < 1.29 is 8.95 Å². The van der Waals surface area contributed by atoms with Crippen LogP contribution in [0.3, 0.4) is 0 Å². The van der Waals surface area contributed by atoms with Crippen molar-refractivity contribution in [2.45, 2.75) is 17.1 Å². The molecule has 2 unspecified atom stereocenters. The predicted octanol–water partition coefficient (Wildman–Crippen LogP) is 1.41. The molecule has 0 heterocycles. The normalized spacial score (nSPS) is 15.0. The molecule has 0 aliphatic rings. The number of anilines is 1. The van der Waals surface area contributed by atoms with E-state index < -0.39 is 10.8 Å². The van der Waals surface area contributed by atoms with Gasteiger partial charge in [-0.1, -0.05) is 6.07 Å². The molecule has 3 nitrogen and oxygen atoms in total. The van der Waals surface area contributed by atoms with E-state index in [1.807, 2.05) is 19.1 Å². The summed E-state index contributed by atoms with van der Waals surface area (Å²) in [5.74, 6) is 0. The highest BCUT2D eigenvalue weighted by molar-refractivity contribution is 7.85. The standard InChI is InChI=1S/C10H15NO2S/c1-8(7-13-2)14(12)10-5-3-4-9(11)6-10/h3-6,8H,7,11H2,1-2H3. The molecule has 2 atom stereocenters. The molecule has 0 radical (unpaired) electrons. The van der Waals surface area contributed by atoms with Crippen molar-refractivity contribution in [3.05, 3.63) is 24.3 Å². The second-order valence-corrected chi connectivity index (χ2v) is 5.01. The van der Waals surface area contributed by atoms with E-state index in [4.69, 9.17) is 10.5 Å². The highest BCUT2D eigenvalue weighted by Crippen LogP contribution is 2.14. The second kappa shape index (κ2) is 5.12. The molecule has 0 aliphatic heterocycles. The van der Waals surface area contributed by atoms with E-state index in [-0.39, 0.29) is 5.25 Å². The fourth-order valence-corrected chi connectivity index (χ4v) is 2.36. The molecule has 0 saturated carbocycles. The highest BCUT2D eigenvalue weighted by Gasteiger charge is 2.12. The zero-order valence-corrected chi connectivity index (χ0v) is 9.21. The van der Waals surface area contributed by atoms with Crippen LogP contribution in [-0.2, 0) is 15.5 Å². The van der Waals surface area contributed by atoms with Crippen LogP contribution in [0.1, 0.15) is 6.92 Å². The average Bonchev–Trinajstić information content (AvgIpc) is 2.17. The van der Waals surface area contributed by atoms with Crippen LogP contribution in [0.5, 0.6) is 0 Å². The maximum Gasteiger partial charge on any atom is 0.0607 e. The first-order valence-corrected chi connectivity index (χ1v) is 5.61. The Morgan fingerprint density at radius 1 is 1.57 bits per heavy atom. The minimum atomic E-state index is -1.04. The number of hydrogen-bond acceptors (Lipinski definition) is 3. The van der Waals surface area contributed by atoms with Crippen molar-refractivity contribution in [3.63, 3.8) is 0 Å². The van der Waals surface area contributed by atoms with Crippen LogP contribution >= 0.6 is 0 Å². The summed E-state index contributed by atoms with van der Waals surface area (Å²) in [5.41, 5.74) is 6.24. The summed E-state index contributed by atoms with van der Waals surface area (Å²) in [4.78, 5) is 0.759. The van der Waals surface area contributed by atoms with Crippen LogP contribution < -0.4 is 5.73 Å². The molecule has 78 valence electrons. The Balaban J connectivity index is 2.78. The minimum Gasteiger partial charge on any atom is -0.399 e. The molecule has 1 aromatic carbocycles. The van der Waals surface area contributed by atoms with Gasteiger partial charge in [0.05, 0.1) is 22.7 Å². The third kappa shape index (κ3) is 2.82. The first-order chi connectivity index (χ1) is 6.65. The highest BCUT2D eigenvalue weighted by atomic mass is 32.2. The number of ether oxygens (including phenoxy) is 1. The monoisotopic (exact) mass is 213 g/mol. The lowest BCUT2D eigenvalue weighted by Crippen LogP contribution is -2.17. The molecule has 0 bridgehead atoms. The van der Waals surface area contributed by atoms with Gasteiger partial charge >= 0.3 is 0 Å². The quantitative estimate of drug-likeness (QED) is 0.769. The summed E-state index contributed by atoms with van der Waals surface area (Å²) in [7, 11) is 0.561. The van der Waals surface area contributed by atoms with E-state index in [9.17, 15) is 4.21 Å². The molecule has 4 heteroatoms. The van der Waals surface area contributed by atoms with Gasteiger partial charge < -0.3 is 10.5 Å². The zero-order valence-electron chi connectivity index (χ0n) is 8.40. The molecule has 0 spiro atoms. The van der Waals surface area contributed by atoms with Gasteiger partial charge in [0.25, 0.3) is 0 Å². The fraction of sp³-hybridized carbons (Fsp3) is 0.400. The number of methoxy groups -OCH3 is 1. The number of benzene rings is 1. The Labute approximate surface area is 86.7 Å². The lowest BCUT2D eigenvalue weighted by atomic mass is 10.3. The van der Waals surface area contributed by atoms with Crippen LogP contribution in [-0.4, -0.2) is 23.2 Å². The van der Waals surface area contributed by atoms with Crippen LogP contribution in [0.25, 0.3) is 0 Å². The van der Waals surface area contributed by atoms with Crippen molar-refractivity contribution in [2.24, 2.45) is 0 Å². The molecule has 0 fully saturated rings. The smallest absolute Gasteiger partial charge is 0.0607 e. The summed E-state index contributed by atoms with van der Waals surface area (Å²) in [6.07, 6.45) is 0. The number of hydrogen-bond donors (Lipinski definition) is 1. The van der Waals surface area contributed by atoms with Crippen molar-refractivity contribution in [1.82, 2.24) is 0 Å². The molecule has 1 rings (SSSR count). The Bertz CT molecular complexity index is 328. The largest absolute Gasteiger partial charge is 0.399 e. The summed E-state index contributed by atoms with van der Waals surface area (Å²) in [6, 6.07) is 7.14. The van der Waals surface area contributed by atoms with Gasteiger partial charge in [0.15, 0.2) is 0 Å². The van der Waals surface area contributed by atoms with E-state index in [0.29, 0.717) is 12.3 Å². The van der Waals surface area contributed by atoms with Crippen molar-refractivity contribution in [3.8, 4) is 0 Å². The molecule has 14 heavy (non-hydrogen) atoms. The van der Waals surface area contributed by atoms with Gasteiger partial charge in [0.2, 0.25) is 0 Å². The van der Waals surface area contributed by atoms with Crippen LogP contribution in [0.2, 0.25) is 0 Å². The Kier molecular flexibility index (Phi) is 4.10. The number of rotatable bonds is 4. The maximum absolute atomic E-state index is 11.9. The van der Waals surface area contributed by atoms with Gasteiger partial charge in [-0.25, -0.2) is 0 Å². The lowest BCUT2D eigenvalue weighted by Gasteiger charge is -2.10. The van der Waals surface area contributed by atoms with E-state index >= 15 is 0 Å². The second-order valence-electron chi connectivity index (χ2n) is 3.14. The van der Waals surface area contributed by atoms with Gasteiger partial charge in [0, 0.05) is 17.7 Å². The third-order valence-corrected chi connectivity index (χ3v) is 3.44. The Morgan fingerprint density at radius 3 is 2.86 bits per heavy atom. The van der Waals surface area contributed by atoms with Crippen LogP contribution in [0.4, 0.5) is 5.69 Å². The molecule has 0 aliphatic carbocycles. The van der Waals surface area contributed by atoms with E-state index in [1.165, 1.54) is 0 Å². The third-order valence-electron chi connectivity index (χ3n) is 1.86. The zero-order chi connectivity index (χ0) is 10.6. The molecule has 1 aromatic rings. The topological polar surface area (TPSA) is 52.3 Å². The predicted molar refractivity (Wildman–Crippen MR) is 58.6 cm³/mol. The minimum absolute atomic E-state index is 0.0122. The lowest BCUT2D eigenvalue weighted by molar-refractivity contribution is 0.201. The number of nitrogen functional groups attached to an aromatic ring is 1. The molecule has 2 N–H and O–H groups in total. The van der Waals surface area contributed by atoms with Gasteiger partial charge in [-0.15, -0.1) is 0 Å². The summed E-state index contributed by atoms with van der Waals surface area (Å²) < 4.78 is 16.8. The molecular weight excluding hydrogens is 198 g/mol. The van der Waals surface area contributed by atoms with Crippen molar-refractivity contribution in [2.75, 3.05) is 19.5 Å². The summed E-state index contributed by atoms with van der Waals surface area (Å²) in [5, 5.41) is -0.0122. The van der Waals surface area contributed by atoms with Gasteiger partial charge in [-0.2, -0.15) is 0 Å². The van der Waals surface area contributed by atoms with E-state index in [1.54, 1.807) is 19.2 Å². The fourth-order valence-electron chi connectivity index (χ4n) is 1.17. The maximum atomic E-state index is 11.9. The van der Waals surface area contributed by atoms with Crippen molar-refractivity contribution in [1.29, 1.82) is 0 Å². The average molecular weight is 213 g/mol. The van der Waals surface area contributed by atoms with E-state index in [2.05, 4.69) is 0 Å². The first-order valence-electron chi connectivity index (χ1n) is 4.40. The van der Waals surface area contributed by atoms with Gasteiger partial charge in [0.1, 0.15) is 0 Å². The molecular formula is C10H15NO2S. The first kappa shape index (κ1) is 11.2.